The summed E-state index contributed by atoms with van der Waals surface area (Å²) in [5.74, 6) is 0.906. The van der Waals surface area contributed by atoms with Crippen molar-refractivity contribution in [3.05, 3.63) is 65.3 Å². The van der Waals surface area contributed by atoms with Gasteiger partial charge in [-0.15, -0.1) is 0 Å². The highest BCUT2D eigenvalue weighted by Gasteiger charge is 2.25. The van der Waals surface area contributed by atoms with Crippen molar-refractivity contribution in [1.82, 2.24) is 19.5 Å². The predicted molar refractivity (Wildman–Crippen MR) is 140 cm³/mol. The molecular weight excluding hydrogens is 484 g/mol. The molecule has 0 radical (unpaired) electrons. The Morgan fingerprint density at radius 2 is 1.89 bits per heavy atom. The Morgan fingerprint density at radius 1 is 1.09 bits per heavy atom. The van der Waals surface area contributed by atoms with E-state index in [1.807, 2.05) is 19.1 Å². The molecule has 2 aromatic carbocycles. The molecule has 2 heterocycles. The van der Waals surface area contributed by atoms with E-state index in [0.717, 1.165) is 51.3 Å². The van der Waals surface area contributed by atoms with Gasteiger partial charge in [-0.2, -0.15) is 4.72 Å². The summed E-state index contributed by atoms with van der Waals surface area (Å²) >= 11 is 6.22. The number of nitrogens with zero attached hydrogens (tertiary/aromatic N) is 3. The highest BCUT2D eigenvalue weighted by molar-refractivity contribution is 7.89. The summed E-state index contributed by atoms with van der Waals surface area (Å²) in [7, 11) is -3.74. The third kappa shape index (κ3) is 6.71. The number of aromatic nitrogens is 1. The Bertz CT molecular complexity index is 1240. The molecular formula is C26H33ClN4O3S. The maximum atomic E-state index is 13.2. The third-order valence-electron chi connectivity index (χ3n) is 6.37. The van der Waals surface area contributed by atoms with E-state index >= 15 is 0 Å². The molecule has 1 fully saturated rings. The average Bonchev–Trinajstić information content (AvgIpc) is 3.09. The van der Waals surface area contributed by atoms with Crippen LogP contribution in [-0.2, 0) is 10.0 Å². The van der Waals surface area contributed by atoms with Crippen LogP contribution in [0.1, 0.15) is 25.3 Å². The van der Waals surface area contributed by atoms with Crippen molar-refractivity contribution in [2.24, 2.45) is 0 Å². The highest BCUT2D eigenvalue weighted by atomic mass is 35.5. The van der Waals surface area contributed by atoms with Crippen LogP contribution in [0.4, 0.5) is 0 Å². The summed E-state index contributed by atoms with van der Waals surface area (Å²) in [6, 6.07) is 14.7. The first kappa shape index (κ1) is 25.9. The van der Waals surface area contributed by atoms with Crippen LogP contribution >= 0.6 is 11.6 Å². The third-order valence-corrected chi connectivity index (χ3v) is 8.27. The fraction of sp³-hybridized carbons (Fsp3) is 0.423. The minimum Gasteiger partial charge on any atom is -0.494 e. The zero-order valence-corrected chi connectivity index (χ0v) is 21.9. The van der Waals surface area contributed by atoms with Crippen molar-refractivity contribution in [2.45, 2.75) is 37.8 Å². The van der Waals surface area contributed by atoms with E-state index in [4.69, 9.17) is 16.3 Å². The molecule has 0 bridgehead atoms. The van der Waals surface area contributed by atoms with Crippen molar-refractivity contribution >= 4 is 32.5 Å². The van der Waals surface area contributed by atoms with Crippen LogP contribution in [-0.4, -0.2) is 68.7 Å². The summed E-state index contributed by atoms with van der Waals surface area (Å²) in [6.07, 6.45) is 3.22. The molecule has 1 aromatic heterocycles. The van der Waals surface area contributed by atoms with Gasteiger partial charge in [0.15, 0.2) is 0 Å². The van der Waals surface area contributed by atoms with Gasteiger partial charge in [-0.3, -0.25) is 9.88 Å². The maximum absolute atomic E-state index is 13.2. The van der Waals surface area contributed by atoms with Crippen LogP contribution in [0, 0.1) is 6.92 Å². The molecule has 0 amide bonds. The summed E-state index contributed by atoms with van der Waals surface area (Å²) in [6.45, 7) is 9.13. The first-order valence-electron chi connectivity index (χ1n) is 12.0. The molecule has 0 spiro atoms. The molecule has 0 saturated carbocycles. The molecule has 9 heteroatoms. The van der Waals surface area contributed by atoms with E-state index in [1.54, 1.807) is 30.5 Å². The fourth-order valence-electron chi connectivity index (χ4n) is 4.42. The first-order chi connectivity index (χ1) is 16.8. The SMILES string of the molecule is Cc1ccc(OCCCN2CCCN(C(C)NS(=O)(=O)c3ccc(Cl)c4ncccc34)CC2)cc1. The van der Waals surface area contributed by atoms with E-state index in [9.17, 15) is 8.42 Å². The van der Waals surface area contributed by atoms with Gasteiger partial charge in [-0.05, 0) is 69.6 Å². The van der Waals surface area contributed by atoms with Crippen molar-refractivity contribution < 1.29 is 13.2 Å². The number of hydrogen-bond donors (Lipinski definition) is 1. The lowest BCUT2D eigenvalue weighted by molar-refractivity contribution is 0.195. The molecule has 3 aromatic rings. The Balaban J connectivity index is 1.29. The number of rotatable bonds is 9. The van der Waals surface area contributed by atoms with Crippen LogP contribution in [0.25, 0.3) is 10.9 Å². The molecule has 1 atom stereocenters. The smallest absolute Gasteiger partial charge is 0.242 e. The van der Waals surface area contributed by atoms with Gasteiger partial charge in [0, 0.05) is 37.8 Å². The number of nitrogens with one attached hydrogen (secondary N) is 1. The van der Waals surface area contributed by atoms with Crippen molar-refractivity contribution in [2.75, 3.05) is 39.3 Å². The monoisotopic (exact) mass is 516 g/mol. The number of ether oxygens (including phenoxy) is 1. The van der Waals surface area contributed by atoms with Gasteiger partial charge in [0.05, 0.1) is 28.2 Å². The van der Waals surface area contributed by atoms with Crippen LogP contribution in [0.15, 0.2) is 59.6 Å². The minimum absolute atomic E-state index is 0.196. The van der Waals surface area contributed by atoms with Crippen molar-refractivity contribution in [3.63, 3.8) is 0 Å². The van der Waals surface area contributed by atoms with Gasteiger partial charge in [0.25, 0.3) is 0 Å². The summed E-state index contributed by atoms with van der Waals surface area (Å²) < 4.78 is 35.2. The number of aryl methyl sites for hydroxylation is 1. The normalized spacial score (nSPS) is 16.8. The van der Waals surface area contributed by atoms with Gasteiger partial charge < -0.3 is 9.64 Å². The second-order valence-corrected chi connectivity index (χ2v) is 11.1. The van der Waals surface area contributed by atoms with Gasteiger partial charge in [0.2, 0.25) is 10.0 Å². The van der Waals surface area contributed by atoms with Crippen LogP contribution in [0.3, 0.4) is 0 Å². The number of pyridine rings is 1. The van der Waals surface area contributed by atoms with Gasteiger partial charge in [-0.25, -0.2) is 8.42 Å². The van der Waals surface area contributed by atoms with Crippen molar-refractivity contribution in [3.8, 4) is 5.75 Å². The molecule has 0 aliphatic carbocycles. The van der Waals surface area contributed by atoms with Crippen molar-refractivity contribution in [1.29, 1.82) is 0 Å². The lowest BCUT2D eigenvalue weighted by Crippen LogP contribution is -2.47. The van der Waals surface area contributed by atoms with Gasteiger partial charge in [-0.1, -0.05) is 29.3 Å². The van der Waals surface area contributed by atoms with Gasteiger partial charge in [0.1, 0.15) is 5.75 Å². The largest absolute Gasteiger partial charge is 0.494 e. The number of sulfonamides is 1. The second kappa shape index (κ2) is 11.7. The average molecular weight is 517 g/mol. The molecule has 1 saturated heterocycles. The summed E-state index contributed by atoms with van der Waals surface area (Å²) in [5, 5.41) is 0.957. The Labute approximate surface area is 213 Å². The zero-order valence-electron chi connectivity index (χ0n) is 20.3. The van der Waals surface area contributed by atoms with Crippen LogP contribution in [0.5, 0.6) is 5.75 Å². The van der Waals surface area contributed by atoms with E-state index in [1.165, 1.54) is 5.56 Å². The highest BCUT2D eigenvalue weighted by Crippen LogP contribution is 2.27. The number of benzene rings is 2. The van der Waals surface area contributed by atoms with E-state index in [2.05, 4.69) is 38.6 Å². The predicted octanol–water partition coefficient (Wildman–Crippen LogP) is 4.30. The van der Waals surface area contributed by atoms with Gasteiger partial charge >= 0.3 is 0 Å². The Morgan fingerprint density at radius 3 is 2.69 bits per heavy atom. The van der Waals surface area contributed by atoms with E-state index in [-0.39, 0.29) is 11.1 Å². The Kier molecular flexibility index (Phi) is 8.62. The molecule has 7 nitrogen and oxygen atoms in total. The summed E-state index contributed by atoms with van der Waals surface area (Å²) in [5.41, 5.74) is 1.71. The first-order valence-corrected chi connectivity index (χ1v) is 13.9. The summed E-state index contributed by atoms with van der Waals surface area (Å²) in [4.78, 5) is 9.06. The molecule has 35 heavy (non-hydrogen) atoms. The number of halogens is 1. The Hall–Kier alpha value is -2.23. The molecule has 1 aliphatic rings. The maximum Gasteiger partial charge on any atom is 0.242 e. The minimum atomic E-state index is -3.74. The van der Waals surface area contributed by atoms with Crippen LogP contribution < -0.4 is 9.46 Å². The topological polar surface area (TPSA) is 74.8 Å². The molecule has 1 aliphatic heterocycles. The van der Waals surface area contributed by atoms with E-state index < -0.39 is 10.0 Å². The fourth-order valence-corrected chi connectivity index (χ4v) is 6.06. The number of fused-ring (bicyclic) bond motifs is 1. The quantitative estimate of drug-likeness (QED) is 0.427. The molecule has 188 valence electrons. The zero-order chi connectivity index (χ0) is 24.8. The lowest BCUT2D eigenvalue weighted by atomic mass is 10.2. The molecule has 1 N–H and O–H groups in total. The number of hydrogen-bond acceptors (Lipinski definition) is 6. The van der Waals surface area contributed by atoms with Crippen LogP contribution in [0.2, 0.25) is 5.02 Å². The molecule has 1 unspecified atom stereocenters. The molecule has 4 rings (SSSR count). The second-order valence-electron chi connectivity index (χ2n) is 8.99. The standard InChI is InChI=1S/C26H33ClN4O3S/c1-20-7-9-22(10-8-20)34-19-5-15-30-14-4-16-31(18-17-30)21(2)29-35(32,33)25-12-11-24(27)26-23(25)6-3-13-28-26/h3,6-13,21,29H,4-5,14-19H2,1-2H3. The van der Waals surface area contributed by atoms with E-state index in [0.29, 0.717) is 22.5 Å². The lowest BCUT2D eigenvalue weighted by Gasteiger charge is -2.28.